The molecule has 0 bridgehead atoms. The van der Waals surface area contributed by atoms with E-state index in [4.69, 9.17) is 5.90 Å². The van der Waals surface area contributed by atoms with Crippen molar-refractivity contribution < 1.29 is 9.57 Å². The Morgan fingerprint density at radius 3 is 2.70 bits per heavy atom. The van der Waals surface area contributed by atoms with Crippen LogP contribution in [0.2, 0.25) is 0 Å². The molecule has 0 rings (SSSR count). The van der Waals surface area contributed by atoms with Crippen molar-refractivity contribution >= 4 is 12.6 Å². The molecule has 10 heavy (non-hydrogen) atoms. The number of hydrogen-bond donors (Lipinski definition) is 1. The van der Waals surface area contributed by atoms with Crippen LogP contribution in [0.3, 0.4) is 0 Å². The van der Waals surface area contributed by atoms with Gasteiger partial charge in [0.25, 0.3) is 0 Å². The zero-order chi connectivity index (χ0) is 7.82. The standard InChI is InChI=1S/C5H11N3O2/c1-5(10-6)3-7-8-4-9-2/h3-5H,6H2,1-2H3/b7-3-,8-4+/t5-/m1/s1. The Morgan fingerprint density at radius 2 is 2.20 bits per heavy atom. The van der Waals surface area contributed by atoms with Gasteiger partial charge in [0.15, 0.2) is 6.40 Å². The molecule has 0 heterocycles. The average Bonchev–Trinajstić information content (AvgIpc) is 1.98. The lowest BCUT2D eigenvalue weighted by atomic mass is 10.5. The summed E-state index contributed by atoms with van der Waals surface area (Å²) in [5.74, 6) is 4.81. The number of nitrogens with zero attached hydrogens (tertiary/aromatic N) is 2. The third-order valence-electron chi connectivity index (χ3n) is 0.710. The zero-order valence-electron chi connectivity index (χ0n) is 6.02. The lowest BCUT2D eigenvalue weighted by Gasteiger charge is -1.96. The van der Waals surface area contributed by atoms with Gasteiger partial charge in [0.05, 0.1) is 13.3 Å². The fourth-order valence-electron chi connectivity index (χ4n) is 0.242. The first-order chi connectivity index (χ1) is 4.81. The molecular formula is C5H11N3O2. The molecule has 0 aliphatic carbocycles. The van der Waals surface area contributed by atoms with E-state index < -0.39 is 0 Å². The summed E-state index contributed by atoms with van der Waals surface area (Å²) in [6.45, 7) is 1.74. The van der Waals surface area contributed by atoms with Crippen molar-refractivity contribution in [3.8, 4) is 0 Å². The van der Waals surface area contributed by atoms with Gasteiger partial charge in [-0.15, -0.1) is 5.10 Å². The molecule has 0 spiro atoms. The minimum absolute atomic E-state index is 0.228. The SMILES string of the molecule is CO/C=N/N=C\[C@@H](C)ON. The summed E-state index contributed by atoms with van der Waals surface area (Å²) in [7, 11) is 1.49. The van der Waals surface area contributed by atoms with Crippen LogP contribution >= 0.6 is 0 Å². The number of nitrogens with two attached hydrogens (primary N) is 1. The largest absolute Gasteiger partial charge is 0.485 e. The Morgan fingerprint density at radius 1 is 1.50 bits per heavy atom. The molecule has 0 aromatic rings. The smallest absolute Gasteiger partial charge is 0.194 e. The van der Waals surface area contributed by atoms with Crippen molar-refractivity contribution in [2.24, 2.45) is 16.1 Å². The second-order valence-electron chi connectivity index (χ2n) is 1.56. The third-order valence-corrected chi connectivity index (χ3v) is 0.710. The number of ether oxygens (including phenoxy) is 1. The second-order valence-corrected chi connectivity index (χ2v) is 1.56. The number of hydrogen-bond acceptors (Lipinski definition) is 5. The van der Waals surface area contributed by atoms with Gasteiger partial charge in [-0.05, 0) is 6.92 Å². The Kier molecular flexibility index (Phi) is 5.60. The highest BCUT2D eigenvalue weighted by Gasteiger charge is 1.90. The van der Waals surface area contributed by atoms with Crippen LogP contribution in [0.1, 0.15) is 6.92 Å². The van der Waals surface area contributed by atoms with Crippen LogP contribution in [-0.2, 0) is 9.57 Å². The predicted molar refractivity (Wildman–Crippen MR) is 38.7 cm³/mol. The van der Waals surface area contributed by atoms with Gasteiger partial charge in [-0.2, -0.15) is 5.10 Å². The monoisotopic (exact) mass is 145 g/mol. The Balaban J connectivity index is 3.44. The third kappa shape index (κ3) is 5.20. The van der Waals surface area contributed by atoms with Crippen molar-refractivity contribution in [1.29, 1.82) is 0 Å². The normalized spacial score (nSPS) is 14.7. The fraction of sp³-hybridized carbons (Fsp3) is 0.600. The van der Waals surface area contributed by atoms with E-state index in [0.717, 1.165) is 0 Å². The van der Waals surface area contributed by atoms with Crippen LogP contribution in [-0.4, -0.2) is 25.8 Å². The van der Waals surface area contributed by atoms with Gasteiger partial charge in [0.1, 0.15) is 6.10 Å². The van der Waals surface area contributed by atoms with E-state index in [9.17, 15) is 0 Å². The van der Waals surface area contributed by atoms with Crippen LogP contribution in [0, 0.1) is 0 Å². The summed E-state index contributed by atoms with van der Waals surface area (Å²) < 4.78 is 4.48. The van der Waals surface area contributed by atoms with Gasteiger partial charge in [0.2, 0.25) is 0 Å². The molecule has 0 aromatic heterocycles. The van der Waals surface area contributed by atoms with Crippen LogP contribution in [0.15, 0.2) is 10.2 Å². The predicted octanol–water partition coefficient (Wildman–Crippen LogP) is -0.0743. The maximum atomic E-state index is 4.81. The summed E-state index contributed by atoms with van der Waals surface area (Å²) in [5.41, 5.74) is 0. The average molecular weight is 145 g/mol. The Labute approximate surface area is 59.5 Å². The molecule has 5 nitrogen and oxygen atoms in total. The molecule has 0 aliphatic heterocycles. The summed E-state index contributed by atoms with van der Waals surface area (Å²) in [5, 5.41) is 7.01. The molecule has 58 valence electrons. The minimum Gasteiger partial charge on any atom is -0.485 e. The maximum Gasteiger partial charge on any atom is 0.194 e. The lowest BCUT2D eigenvalue weighted by Crippen LogP contribution is -2.13. The van der Waals surface area contributed by atoms with Gasteiger partial charge >= 0.3 is 0 Å². The summed E-state index contributed by atoms with van der Waals surface area (Å²) >= 11 is 0. The highest BCUT2D eigenvalue weighted by molar-refractivity contribution is 5.63. The molecule has 0 aromatic carbocycles. The molecule has 0 aliphatic rings. The molecule has 5 heteroatoms. The molecule has 1 atom stereocenters. The van der Waals surface area contributed by atoms with E-state index in [-0.39, 0.29) is 6.10 Å². The summed E-state index contributed by atoms with van der Waals surface area (Å²) in [6, 6.07) is 0. The van der Waals surface area contributed by atoms with Crippen molar-refractivity contribution in [2.75, 3.05) is 7.11 Å². The van der Waals surface area contributed by atoms with Gasteiger partial charge in [-0.25, -0.2) is 5.90 Å². The fourth-order valence-corrected chi connectivity index (χ4v) is 0.242. The first-order valence-electron chi connectivity index (χ1n) is 2.74. The topological polar surface area (TPSA) is 69.2 Å². The van der Waals surface area contributed by atoms with E-state index in [1.807, 2.05) is 0 Å². The molecule has 2 N–H and O–H groups in total. The van der Waals surface area contributed by atoms with Crippen LogP contribution in [0.25, 0.3) is 0 Å². The van der Waals surface area contributed by atoms with Crippen LogP contribution in [0.4, 0.5) is 0 Å². The van der Waals surface area contributed by atoms with E-state index in [1.165, 1.54) is 19.7 Å². The highest BCUT2D eigenvalue weighted by atomic mass is 16.6. The molecule has 0 saturated heterocycles. The summed E-state index contributed by atoms with van der Waals surface area (Å²) in [6.07, 6.45) is 2.43. The van der Waals surface area contributed by atoms with E-state index in [2.05, 4.69) is 19.8 Å². The molecule has 0 radical (unpaired) electrons. The lowest BCUT2D eigenvalue weighted by molar-refractivity contribution is 0.115. The Bertz CT molecular complexity index is 124. The first kappa shape index (κ1) is 9.06. The van der Waals surface area contributed by atoms with Gasteiger partial charge in [-0.3, -0.25) is 4.84 Å². The van der Waals surface area contributed by atoms with Crippen molar-refractivity contribution in [3.63, 3.8) is 0 Å². The first-order valence-corrected chi connectivity index (χ1v) is 2.74. The van der Waals surface area contributed by atoms with Gasteiger partial charge in [-0.1, -0.05) is 0 Å². The van der Waals surface area contributed by atoms with Crippen molar-refractivity contribution in [3.05, 3.63) is 0 Å². The highest BCUT2D eigenvalue weighted by Crippen LogP contribution is 1.79. The zero-order valence-corrected chi connectivity index (χ0v) is 6.02. The van der Waals surface area contributed by atoms with Crippen molar-refractivity contribution in [1.82, 2.24) is 0 Å². The summed E-state index contributed by atoms with van der Waals surface area (Å²) in [4.78, 5) is 4.37. The van der Waals surface area contributed by atoms with Crippen LogP contribution < -0.4 is 5.90 Å². The molecule has 0 fully saturated rings. The minimum atomic E-state index is -0.228. The van der Waals surface area contributed by atoms with Gasteiger partial charge < -0.3 is 4.74 Å². The maximum absolute atomic E-state index is 4.81. The number of rotatable bonds is 4. The molecule has 0 amide bonds. The quantitative estimate of drug-likeness (QED) is 0.342. The van der Waals surface area contributed by atoms with E-state index in [1.54, 1.807) is 6.92 Å². The number of methoxy groups -OCH3 is 1. The molecule has 0 unspecified atom stereocenters. The van der Waals surface area contributed by atoms with Crippen LogP contribution in [0.5, 0.6) is 0 Å². The van der Waals surface area contributed by atoms with E-state index >= 15 is 0 Å². The second kappa shape index (κ2) is 6.18. The van der Waals surface area contributed by atoms with Gasteiger partial charge in [0, 0.05) is 0 Å². The van der Waals surface area contributed by atoms with Crippen molar-refractivity contribution in [2.45, 2.75) is 13.0 Å². The molecular weight excluding hydrogens is 134 g/mol. The van der Waals surface area contributed by atoms with E-state index in [0.29, 0.717) is 0 Å². The molecule has 0 saturated carbocycles. The Hall–Kier alpha value is -0.940.